The summed E-state index contributed by atoms with van der Waals surface area (Å²) < 4.78 is 0. The van der Waals surface area contributed by atoms with E-state index in [1.54, 1.807) is 6.07 Å². The van der Waals surface area contributed by atoms with Gasteiger partial charge >= 0.3 is 0 Å². The molecular weight excluding hydrogens is 368 g/mol. The van der Waals surface area contributed by atoms with Crippen molar-refractivity contribution >= 4 is 23.0 Å². The maximum Gasteiger partial charge on any atom is 0.292 e. The standard InChI is InChI=1S/C22H26N4O3/c1-17-6-2-3-7-19(17)22(27)25-14-12-23(13-15-25)18-8-9-20(26(28)29)21(16-18)24-10-4-5-11-24/h2-3,6-9,16H,4-5,10-15H2,1H3. The molecule has 0 unspecified atom stereocenters. The lowest BCUT2D eigenvalue weighted by molar-refractivity contribution is -0.384. The van der Waals surface area contributed by atoms with E-state index < -0.39 is 0 Å². The van der Waals surface area contributed by atoms with Crippen molar-refractivity contribution < 1.29 is 9.72 Å². The first-order valence-corrected chi connectivity index (χ1v) is 10.2. The van der Waals surface area contributed by atoms with Crippen LogP contribution in [0.25, 0.3) is 0 Å². The molecule has 0 aliphatic carbocycles. The summed E-state index contributed by atoms with van der Waals surface area (Å²) in [6, 6.07) is 13.1. The van der Waals surface area contributed by atoms with Crippen LogP contribution in [0.15, 0.2) is 42.5 Å². The number of amides is 1. The highest BCUT2D eigenvalue weighted by Gasteiger charge is 2.26. The monoisotopic (exact) mass is 394 g/mol. The van der Waals surface area contributed by atoms with Crippen LogP contribution < -0.4 is 9.80 Å². The third-order valence-electron chi connectivity index (χ3n) is 5.91. The smallest absolute Gasteiger partial charge is 0.292 e. The lowest BCUT2D eigenvalue weighted by atomic mass is 10.1. The van der Waals surface area contributed by atoms with Crippen molar-refractivity contribution in [3.63, 3.8) is 0 Å². The van der Waals surface area contributed by atoms with Crippen molar-refractivity contribution in [3.05, 3.63) is 63.7 Å². The van der Waals surface area contributed by atoms with Gasteiger partial charge in [0.2, 0.25) is 0 Å². The minimum atomic E-state index is -0.295. The summed E-state index contributed by atoms with van der Waals surface area (Å²) in [5, 5.41) is 11.5. The van der Waals surface area contributed by atoms with Crippen molar-refractivity contribution in [1.29, 1.82) is 0 Å². The molecule has 1 amide bonds. The van der Waals surface area contributed by atoms with Crippen molar-refractivity contribution in [3.8, 4) is 0 Å². The number of hydrogen-bond acceptors (Lipinski definition) is 5. The molecule has 29 heavy (non-hydrogen) atoms. The molecule has 0 N–H and O–H groups in total. The maximum atomic E-state index is 12.8. The summed E-state index contributed by atoms with van der Waals surface area (Å²) in [6.07, 6.45) is 2.14. The number of carbonyl (C=O) groups excluding carboxylic acids is 1. The Balaban J connectivity index is 1.48. The number of benzene rings is 2. The Labute approximate surface area is 170 Å². The Morgan fingerprint density at radius 1 is 0.931 bits per heavy atom. The summed E-state index contributed by atoms with van der Waals surface area (Å²) in [6.45, 7) is 6.41. The van der Waals surface area contributed by atoms with Crippen molar-refractivity contribution in [2.45, 2.75) is 19.8 Å². The zero-order chi connectivity index (χ0) is 20.4. The molecule has 0 radical (unpaired) electrons. The van der Waals surface area contributed by atoms with Crippen molar-refractivity contribution in [2.75, 3.05) is 49.1 Å². The Kier molecular flexibility index (Phi) is 5.38. The van der Waals surface area contributed by atoms with Gasteiger partial charge in [-0.1, -0.05) is 18.2 Å². The average molecular weight is 394 g/mol. The van der Waals surface area contributed by atoms with Crippen LogP contribution in [-0.2, 0) is 0 Å². The van der Waals surface area contributed by atoms with Crippen molar-refractivity contribution in [1.82, 2.24) is 4.90 Å². The normalized spacial score (nSPS) is 16.9. The van der Waals surface area contributed by atoms with E-state index in [1.165, 1.54) is 0 Å². The third-order valence-corrected chi connectivity index (χ3v) is 5.91. The molecular formula is C22H26N4O3. The Bertz CT molecular complexity index is 916. The number of piperazine rings is 1. The molecule has 0 bridgehead atoms. The van der Waals surface area contributed by atoms with Gasteiger partial charge in [0.1, 0.15) is 5.69 Å². The molecule has 2 heterocycles. The highest BCUT2D eigenvalue weighted by atomic mass is 16.6. The van der Waals surface area contributed by atoms with Crippen molar-refractivity contribution in [2.24, 2.45) is 0 Å². The van der Waals surface area contributed by atoms with Crippen LogP contribution in [0.4, 0.5) is 17.1 Å². The van der Waals surface area contributed by atoms with Gasteiger partial charge in [-0.3, -0.25) is 14.9 Å². The Morgan fingerprint density at radius 3 is 2.28 bits per heavy atom. The number of hydrogen-bond donors (Lipinski definition) is 0. The zero-order valence-corrected chi connectivity index (χ0v) is 16.7. The van der Waals surface area contributed by atoms with Crippen LogP contribution in [0.1, 0.15) is 28.8 Å². The van der Waals surface area contributed by atoms with E-state index >= 15 is 0 Å². The van der Waals surface area contributed by atoms with Gasteiger partial charge in [0.15, 0.2) is 0 Å². The number of nitro groups is 1. The lowest BCUT2D eigenvalue weighted by Crippen LogP contribution is -2.49. The topological polar surface area (TPSA) is 69.9 Å². The number of anilines is 2. The van der Waals surface area contributed by atoms with Gasteiger partial charge in [0.05, 0.1) is 4.92 Å². The molecule has 0 saturated carbocycles. The summed E-state index contributed by atoms with van der Waals surface area (Å²) in [5.74, 6) is 0.0733. The second-order valence-electron chi connectivity index (χ2n) is 7.72. The second-order valence-corrected chi connectivity index (χ2v) is 7.72. The quantitative estimate of drug-likeness (QED) is 0.587. The SMILES string of the molecule is Cc1ccccc1C(=O)N1CCN(c2ccc([N+](=O)[O-])c(N3CCCC3)c2)CC1. The number of nitrogens with zero attached hydrogens (tertiary/aromatic N) is 4. The zero-order valence-electron chi connectivity index (χ0n) is 16.7. The third kappa shape index (κ3) is 3.90. The summed E-state index contributed by atoms with van der Waals surface area (Å²) in [5.41, 5.74) is 3.62. The first-order valence-electron chi connectivity index (χ1n) is 10.2. The molecule has 7 heteroatoms. The molecule has 7 nitrogen and oxygen atoms in total. The van der Waals surface area contributed by atoms with E-state index in [9.17, 15) is 14.9 Å². The van der Waals surface area contributed by atoms with Crippen LogP contribution in [0.5, 0.6) is 0 Å². The predicted octanol–water partition coefficient (Wildman–Crippen LogP) is 3.47. The van der Waals surface area contributed by atoms with Crippen LogP contribution in [0.3, 0.4) is 0 Å². The van der Waals surface area contributed by atoms with Crippen LogP contribution in [0, 0.1) is 17.0 Å². The molecule has 0 aromatic heterocycles. The van der Waals surface area contributed by atoms with E-state index in [4.69, 9.17) is 0 Å². The number of rotatable bonds is 4. The predicted molar refractivity (Wildman–Crippen MR) is 114 cm³/mol. The molecule has 2 aliphatic heterocycles. The minimum Gasteiger partial charge on any atom is -0.368 e. The number of aryl methyl sites for hydroxylation is 1. The second kappa shape index (κ2) is 8.11. The molecule has 2 saturated heterocycles. The molecule has 0 spiro atoms. The van der Waals surface area contributed by atoms with Gasteiger partial charge in [-0.05, 0) is 43.5 Å². The minimum absolute atomic E-state index is 0.0733. The van der Waals surface area contributed by atoms with Gasteiger partial charge in [-0.25, -0.2) is 0 Å². The number of nitro benzene ring substituents is 1. The molecule has 0 atom stereocenters. The number of carbonyl (C=O) groups is 1. The molecule has 4 rings (SSSR count). The van der Waals surface area contributed by atoms with Gasteiger partial charge in [-0.2, -0.15) is 0 Å². The molecule has 152 valence electrons. The molecule has 2 aromatic rings. The van der Waals surface area contributed by atoms with Gasteiger partial charge in [0, 0.05) is 56.6 Å². The highest BCUT2D eigenvalue weighted by molar-refractivity contribution is 5.95. The lowest BCUT2D eigenvalue weighted by Gasteiger charge is -2.36. The Hall–Kier alpha value is -3.09. The van der Waals surface area contributed by atoms with E-state index in [0.29, 0.717) is 18.8 Å². The fraction of sp³-hybridized carbons (Fsp3) is 0.409. The van der Waals surface area contributed by atoms with Crippen LogP contribution in [-0.4, -0.2) is 55.0 Å². The molecule has 2 aliphatic rings. The largest absolute Gasteiger partial charge is 0.368 e. The van der Waals surface area contributed by atoms with Crippen LogP contribution >= 0.6 is 0 Å². The maximum absolute atomic E-state index is 12.8. The fourth-order valence-corrected chi connectivity index (χ4v) is 4.23. The van der Waals surface area contributed by atoms with E-state index in [-0.39, 0.29) is 16.5 Å². The molecule has 2 aromatic carbocycles. The van der Waals surface area contributed by atoms with E-state index in [2.05, 4.69) is 9.80 Å². The van der Waals surface area contributed by atoms with E-state index in [0.717, 1.165) is 55.8 Å². The van der Waals surface area contributed by atoms with Crippen LogP contribution in [0.2, 0.25) is 0 Å². The molecule has 2 fully saturated rings. The first kappa shape index (κ1) is 19.2. The fourth-order valence-electron chi connectivity index (χ4n) is 4.23. The van der Waals surface area contributed by atoms with Gasteiger partial charge in [0.25, 0.3) is 11.6 Å². The first-order chi connectivity index (χ1) is 14.0. The summed E-state index contributed by atoms with van der Waals surface area (Å²) >= 11 is 0. The van der Waals surface area contributed by atoms with Gasteiger partial charge < -0.3 is 14.7 Å². The average Bonchev–Trinajstić information content (AvgIpc) is 3.28. The highest BCUT2D eigenvalue weighted by Crippen LogP contribution is 2.34. The Morgan fingerprint density at radius 2 is 1.62 bits per heavy atom. The summed E-state index contributed by atoms with van der Waals surface area (Å²) in [7, 11) is 0. The van der Waals surface area contributed by atoms with Gasteiger partial charge in [-0.15, -0.1) is 0 Å². The van der Waals surface area contributed by atoms with E-state index in [1.807, 2.05) is 48.2 Å². The summed E-state index contributed by atoms with van der Waals surface area (Å²) in [4.78, 5) is 30.2.